The van der Waals surface area contributed by atoms with Crippen LogP contribution >= 0.6 is 0 Å². The van der Waals surface area contributed by atoms with E-state index in [0.717, 1.165) is 35.5 Å². The highest BCUT2D eigenvalue weighted by Crippen LogP contribution is 2.28. The minimum Gasteiger partial charge on any atom is -0.385 e. The van der Waals surface area contributed by atoms with Crippen molar-refractivity contribution in [2.75, 3.05) is 24.4 Å². The fourth-order valence-electron chi connectivity index (χ4n) is 3.78. The Kier molecular flexibility index (Phi) is 7.83. The fraction of sp³-hybridized carbons (Fsp3) is 0.435. The standard InChI is InChI=1S/C23H32FN7O2/c1-5-18(13(2)25)28-23-17(24)12-16(21(26)32)22(29-23)27-14-8-9-20-15(11-14)19(30-31(20)3)7-6-10-33-4/h8-9,11-13,18H,5-7,10,25H2,1-4H3,(H2,26,32)(H2,27,28,29)/t13-,18+/m0/s1. The number of anilines is 3. The van der Waals surface area contributed by atoms with Crippen LogP contribution in [-0.2, 0) is 18.2 Å². The summed E-state index contributed by atoms with van der Waals surface area (Å²) in [6.07, 6.45) is 2.29. The number of hydrogen-bond acceptors (Lipinski definition) is 7. The van der Waals surface area contributed by atoms with Crippen LogP contribution < -0.4 is 22.1 Å². The van der Waals surface area contributed by atoms with E-state index in [-0.39, 0.29) is 29.3 Å². The van der Waals surface area contributed by atoms with Crippen LogP contribution in [-0.4, -0.2) is 46.5 Å². The second-order valence-electron chi connectivity index (χ2n) is 8.12. The minimum absolute atomic E-state index is 0.00867. The maximum absolute atomic E-state index is 14.7. The molecule has 0 aliphatic carbocycles. The van der Waals surface area contributed by atoms with Crippen LogP contribution in [0.2, 0.25) is 0 Å². The average Bonchev–Trinajstić information content (AvgIpc) is 3.08. The van der Waals surface area contributed by atoms with Gasteiger partial charge in [0.25, 0.3) is 5.91 Å². The lowest BCUT2D eigenvalue weighted by molar-refractivity contribution is 0.100. The monoisotopic (exact) mass is 457 g/mol. The number of ether oxygens (including phenoxy) is 1. The van der Waals surface area contributed by atoms with Crippen molar-refractivity contribution < 1.29 is 13.9 Å². The van der Waals surface area contributed by atoms with Gasteiger partial charge in [0.15, 0.2) is 11.6 Å². The summed E-state index contributed by atoms with van der Waals surface area (Å²) in [5.74, 6) is -1.28. The maximum Gasteiger partial charge on any atom is 0.252 e. The first-order chi connectivity index (χ1) is 15.7. The number of nitrogens with one attached hydrogen (secondary N) is 2. The Balaban J connectivity index is 1.97. The Labute approximate surface area is 192 Å². The molecule has 0 bridgehead atoms. The highest BCUT2D eigenvalue weighted by molar-refractivity contribution is 5.99. The van der Waals surface area contributed by atoms with Crippen molar-refractivity contribution in [3.05, 3.63) is 41.3 Å². The van der Waals surface area contributed by atoms with Crippen molar-refractivity contribution in [3.8, 4) is 0 Å². The molecule has 0 aliphatic rings. The number of primary amides is 1. The second-order valence-corrected chi connectivity index (χ2v) is 8.12. The smallest absolute Gasteiger partial charge is 0.252 e. The van der Waals surface area contributed by atoms with E-state index in [4.69, 9.17) is 16.2 Å². The summed E-state index contributed by atoms with van der Waals surface area (Å²) in [5, 5.41) is 11.7. The third kappa shape index (κ3) is 5.58. The quantitative estimate of drug-likeness (QED) is 0.325. The first kappa shape index (κ1) is 24.4. The molecule has 0 fully saturated rings. The molecule has 2 heterocycles. The fourth-order valence-corrected chi connectivity index (χ4v) is 3.78. The molecule has 9 nitrogen and oxygen atoms in total. The summed E-state index contributed by atoms with van der Waals surface area (Å²) in [5.41, 5.74) is 14.0. The molecule has 33 heavy (non-hydrogen) atoms. The first-order valence-electron chi connectivity index (χ1n) is 11.0. The number of benzene rings is 1. The number of pyridine rings is 1. The molecule has 0 saturated carbocycles. The van der Waals surface area contributed by atoms with Crippen LogP contribution in [0.25, 0.3) is 10.9 Å². The summed E-state index contributed by atoms with van der Waals surface area (Å²) < 4.78 is 21.7. The molecular weight excluding hydrogens is 425 g/mol. The zero-order valence-electron chi connectivity index (χ0n) is 19.5. The molecule has 178 valence electrons. The maximum atomic E-state index is 14.7. The van der Waals surface area contributed by atoms with Gasteiger partial charge in [0, 0.05) is 43.9 Å². The third-order valence-corrected chi connectivity index (χ3v) is 5.59. The average molecular weight is 458 g/mol. The highest BCUT2D eigenvalue weighted by atomic mass is 19.1. The Morgan fingerprint density at radius 3 is 2.70 bits per heavy atom. The summed E-state index contributed by atoms with van der Waals surface area (Å²) in [6, 6.07) is 6.41. The number of rotatable bonds is 11. The van der Waals surface area contributed by atoms with Crippen molar-refractivity contribution in [2.24, 2.45) is 18.5 Å². The Morgan fingerprint density at radius 2 is 2.06 bits per heavy atom. The van der Waals surface area contributed by atoms with E-state index in [2.05, 4.69) is 20.7 Å². The van der Waals surface area contributed by atoms with Gasteiger partial charge < -0.3 is 26.8 Å². The Hall–Kier alpha value is -3.24. The van der Waals surface area contributed by atoms with Crippen molar-refractivity contribution >= 4 is 34.1 Å². The molecule has 0 radical (unpaired) electrons. The van der Waals surface area contributed by atoms with Crippen molar-refractivity contribution in [1.29, 1.82) is 0 Å². The Bertz CT molecular complexity index is 1130. The number of aromatic nitrogens is 3. The van der Waals surface area contributed by atoms with Gasteiger partial charge in [-0.25, -0.2) is 9.37 Å². The lowest BCUT2D eigenvalue weighted by Crippen LogP contribution is -2.38. The highest BCUT2D eigenvalue weighted by Gasteiger charge is 2.20. The minimum atomic E-state index is -0.780. The summed E-state index contributed by atoms with van der Waals surface area (Å²) in [7, 11) is 3.56. The largest absolute Gasteiger partial charge is 0.385 e. The van der Waals surface area contributed by atoms with Crippen LogP contribution in [0.1, 0.15) is 42.7 Å². The number of carbonyl (C=O) groups is 1. The normalized spacial score (nSPS) is 13.2. The van der Waals surface area contributed by atoms with Crippen molar-refractivity contribution in [3.63, 3.8) is 0 Å². The zero-order chi connectivity index (χ0) is 24.1. The molecule has 3 rings (SSSR count). The molecule has 0 unspecified atom stereocenters. The number of aryl methyl sites for hydroxylation is 2. The number of methoxy groups -OCH3 is 1. The van der Waals surface area contributed by atoms with Gasteiger partial charge in [-0.15, -0.1) is 0 Å². The molecular formula is C23H32FN7O2. The zero-order valence-corrected chi connectivity index (χ0v) is 19.5. The van der Waals surface area contributed by atoms with E-state index in [9.17, 15) is 9.18 Å². The molecule has 1 amide bonds. The topological polar surface area (TPSA) is 133 Å². The SMILES string of the molecule is CC[C@@H](Nc1nc(Nc2ccc3c(c2)c(CCCOC)nn3C)c(C(N)=O)cc1F)[C@H](C)N. The van der Waals surface area contributed by atoms with Crippen LogP contribution in [0.3, 0.4) is 0 Å². The molecule has 0 saturated heterocycles. The van der Waals surface area contributed by atoms with Crippen molar-refractivity contribution in [2.45, 2.75) is 45.2 Å². The predicted octanol–water partition coefficient (Wildman–Crippen LogP) is 3.07. The molecule has 6 N–H and O–H groups in total. The van der Waals surface area contributed by atoms with Gasteiger partial charge in [0.2, 0.25) is 0 Å². The number of amides is 1. The predicted molar refractivity (Wildman–Crippen MR) is 128 cm³/mol. The van der Waals surface area contributed by atoms with E-state index >= 15 is 0 Å². The lowest BCUT2D eigenvalue weighted by Gasteiger charge is -2.22. The molecule has 0 aliphatic heterocycles. The molecule has 1 aromatic carbocycles. The number of nitrogens with two attached hydrogens (primary N) is 2. The molecule has 10 heteroatoms. The van der Waals surface area contributed by atoms with Gasteiger partial charge in [-0.05, 0) is 50.5 Å². The molecule has 0 spiro atoms. The van der Waals surface area contributed by atoms with E-state index in [1.165, 1.54) is 0 Å². The van der Waals surface area contributed by atoms with Gasteiger partial charge in [-0.1, -0.05) is 6.92 Å². The summed E-state index contributed by atoms with van der Waals surface area (Å²) >= 11 is 0. The van der Waals surface area contributed by atoms with Crippen LogP contribution in [0.5, 0.6) is 0 Å². The van der Waals surface area contributed by atoms with Crippen molar-refractivity contribution in [1.82, 2.24) is 14.8 Å². The molecule has 3 aromatic rings. The Morgan fingerprint density at radius 1 is 1.30 bits per heavy atom. The first-order valence-corrected chi connectivity index (χ1v) is 11.0. The van der Waals surface area contributed by atoms with Gasteiger partial charge in [-0.3, -0.25) is 9.48 Å². The third-order valence-electron chi connectivity index (χ3n) is 5.59. The van der Waals surface area contributed by atoms with Crippen LogP contribution in [0.4, 0.5) is 21.7 Å². The molecule has 2 aromatic heterocycles. The van der Waals surface area contributed by atoms with E-state index in [1.807, 2.05) is 43.8 Å². The van der Waals surface area contributed by atoms with E-state index < -0.39 is 11.7 Å². The number of carbonyl (C=O) groups excluding carboxylic acids is 1. The molecule has 2 atom stereocenters. The number of halogens is 1. The van der Waals surface area contributed by atoms with Crippen LogP contribution in [0.15, 0.2) is 24.3 Å². The van der Waals surface area contributed by atoms with Gasteiger partial charge >= 0.3 is 0 Å². The number of nitrogens with zero attached hydrogens (tertiary/aromatic N) is 3. The number of hydrogen-bond donors (Lipinski definition) is 4. The van der Waals surface area contributed by atoms with Gasteiger partial charge in [0.05, 0.1) is 16.8 Å². The van der Waals surface area contributed by atoms with E-state index in [1.54, 1.807) is 7.11 Å². The summed E-state index contributed by atoms with van der Waals surface area (Å²) in [4.78, 5) is 16.3. The summed E-state index contributed by atoms with van der Waals surface area (Å²) in [6.45, 7) is 4.43. The van der Waals surface area contributed by atoms with E-state index in [0.29, 0.717) is 18.7 Å². The lowest BCUT2D eigenvalue weighted by atomic mass is 10.1. The van der Waals surface area contributed by atoms with Gasteiger partial charge in [0.1, 0.15) is 5.82 Å². The van der Waals surface area contributed by atoms with Crippen LogP contribution in [0, 0.1) is 5.82 Å². The van der Waals surface area contributed by atoms with Gasteiger partial charge in [-0.2, -0.15) is 5.10 Å². The second kappa shape index (κ2) is 10.6. The number of fused-ring (bicyclic) bond motifs is 1.